The van der Waals surface area contributed by atoms with Gasteiger partial charge in [-0.3, -0.25) is 4.79 Å². The first-order chi connectivity index (χ1) is 9.11. The number of nitrogens with one attached hydrogen (secondary N) is 2. The second kappa shape index (κ2) is 5.68. The molecule has 0 radical (unpaired) electrons. The first-order valence-electron chi connectivity index (χ1n) is 5.48. The normalized spacial score (nSPS) is 10.3. The average Bonchev–Trinajstić information content (AvgIpc) is 2.91. The summed E-state index contributed by atoms with van der Waals surface area (Å²) in [7, 11) is 1.64. The number of imidazole rings is 1. The smallest absolute Gasteiger partial charge is 0.274 e. The fraction of sp³-hybridized carbons (Fsp3) is 0.182. The van der Waals surface area contributed by atoms with Gasteiger partial charge in [0, 0.05) is 19.4 Å². The van der Waals surface area contributed by atoms with Gasteiger partial charge in [0.05, 0.1) is 11.6 Å². The summed E-state index contributed by atoms with van der Waals surface area (Å²) in [4.78, 5) is 24.7. The zero-order chi connectivity index (χ0) is 13.8. The van der Waals surface area contributed by atoms with Gasteiger partial charge in [-0.05, 0) is 12.1 Å². The Balaban J connectivity index is 2.18. The molecule has 0 saturated heterocycles. The number of H-pyrrole nitrogens is 1. The lowest BCUT2D eigenvalue weighted by molar-refractivity contribution is 0.0776. The van der Waals surface area contributed by atoms with Crippen molar-refractivity contribution in [2.24, 2.45) is 5.84 Å². The van der Waals surface area contributed by atoms with E-state index in [4.69, 9.17) is 17.4 Å². The van der Waals surface area contributed by atoms with E-state index >= 15 is 0 Å². The van der Waals surface area contributed by atoms with E-state index in [1.807, 2.05) is 0 Å². The van der Waals surface area contributed by atoms with Gasteiger partial charge in [0.25, 0.3) is 5.91 Å². The second-order valence-corrected chi connectivity index (χ2v) is 4.28. The van der Waals surface area contributed by atoms with Crippen LogP contribution >= 0.6 is 11.6 Å². The molecular formula is C11H13ClN6O. The van der Waals surface area contributed by atoms with Crippen molar-refractivity contribution in [2.75, 3.05) is 12.5 Å². The van der Waals surface area contributed by atoms with Crippen LogP contribution in [0.5, 0.6) is 0 Å². The molecule has 2 heterocycles. The first kappa shape index (κ1) is 13.3. The monoisotopic (exact) mass is 280 g/mol. The fourth-order valence-electron chi connectivity index (χ4n) is 1.53. The van der Waals surface area contributed by atoms with Crippen molar-refractivity contribution in [3.05, 3.63) is 41.1 Å². The largest absolute Gasteiger partial charge is 0.347 e. The molecule has 19 heavy (non-hydrogen) atoms. The summed E-state index contributed by atoms with van der Waals surface area (Å²) in [6, 6.07) is 3.16. The molecule has 0 aliphatic carbocycles. The SMILES string of the molecule is CN(Cc1ncc[nH]1)C(=O)c1nc(NN)ccc1Cl. The van der Waals surface area contributed by atoms with Crippen molar-refractivity contribution in [1.29, 1.82) is 0 Å². The maximum atomic E-state index is 12.2. The quantitative estimate of drug-likeness (QED) is 0.573. The predicted octanol–water partition coefficient (Wildman–Crippen LogP) is 1.02. The standard InChI is InChI=1S/C11H13ClN6O/c1-18(6-9-14-4-5-15-9)11(19)10-7(12)2-3-8(16-10)17-13/h2-5H,6,13H2,1H3,(H,14,15)(H,16,17). The van der Waals surface area contributed by atoms with E-state index in [0.29, 0.717) is 18.2 Å². The Hall–Kier alpha value is -2.12. The van der Waals surface area contributed by atoms with Crippen molar-refractivity contribution >= 4 is 23.3 Å². The third-order valence-corrected chi connectivity index (χ3v) is 2.79. The molecule has 1 amide bonds. The predicted molar refractivity (Wildman–Crippen MR) is 71.4 cm³/mol. The Kier molecular flexibility index (Phi) is 3.98. The molecule has 0 saturated carbocycles. The summed E-state index contributed by atoms with van der Waals surface area (Å²) < 4.78 is 0. The molecule has 0 bridgehead atoms. The Morgan fingerprint density at radius 1 is 1.58 bits per heavy atom. The highest BCUT2D eigenvalue weighted by atomic mass is 35.5. The molecule has 8 heteroatoms. The lowest BCUT2D eigenvalue weighted by Crippen LogP contribution is -2.28. The summed E-state index contributed by atoms with van der Waals surface area (Å²) in [5.74, 6) is 6.01. The molecule has 4 N–H and O–H groups in total. The molecule has 0 aromatic carbocycles. The topological polar surface area (TPSA) is 99.9 Å². The summed E-state index contributed by atoms with van der Waals surface area (Å²) >= 11 is 5.97. The van der Waals surface area contributed by atoms with Gasteiger partial charge >= 0.3 is 0 Å². The van der Waals surface area contributed by atoms with Gasteiger partial charge in [-0.2, -0.15) is 0 Å². The number of halogens is 1. The van der Waals surface area contributed by atoms with Crippen LogP contribution in [0.25, 0.3) is 0 Å². The highest BCUT2D eigenvalue weighted by molar-refractivity contribution is 6.33. The minimum absolute atomic E-state index is 0.145. The van der Waals surface area contributed by atoms with Crippen LogP contribution in [0.1, 0.15) is 16.3 Å². The average molecular weight is 281 g/mol. The molecule has 100 valence electrons. The van der Waals surface area contributed by atoms with E-state index in [0.717, 1.165) is 0 Å². The maximum absolute atomic E-state index is 12.2. The lowest BCUT2D eigenvalue weighted by atomic mass is 10.3. The van der Waals surface area contributed by atoms with E-state index in [1.54, 1.807) is 31.6 Å². The van der Waals surface area contributed by atoms with Gasteiger partial charge in [0.2, 0.25) is 0 Å². The zero-order valence-electron chi connectivity index (χ0n) is 10.2. The Morgan fingerprint density at radius 2 is 2.37 bits per heavy atom. The van der Waals surface area contributed by atoms with Crippen molar-refractivity contribution in [1.82, 2.24) is 19.9 Å². The zero-order valence-corrected chi connectivity index (χ0v) is 11.0. The highest BCUT2D eigenvalue weighted by Crippen LogP contribution is 2.18. The summed E-state index contributed by atoms with van der Waals surface area (Å²) in [6.45, 7) is 0.337. The van der Waals surface area contributed by atoms with Crippen LogP contribution in [0.4, 0.5) is 5.82 Å². The maximum Gasteiger partial charge on any atom is 0.274 e. The molecule has 0 unspecified atom stereocenters. The van der Waals surface area contributed by atoms with Crippen LogP contribution in [0.2, 0.25) is 5.02 Å². The molecule has 0 spiro atoms. The molecule has 2 aromatic heterocycles. The molecule has 7 nitrogen and oxygen atoms in total. The number of hydrogen-bond donors (Lipinski definition) is 3. The fourth-order valence-corrected chi connectivity index (χ4v) is 1.72. The van der Waals surface area contributed by atoms with Gasteiger partial charge < -0.3 is 15.3 Å². The van der Waals surface area contributed by atoms with Crippen LogP contribution in [-0.2, 0) is 6.54 Å². The molecular weight excluding hydrogens is 268 g/mol. The Labute approximate surface area is 114 Å². The van der Waals surface area contributed by atoms with Crippen LogP contribution in [-0.4, -0.2) is 32.8 Å². The van der Waals surface area contributed by atoms with Crippen LogP contribution in [0, 0.1) is 0 Å². The Morgan fingerprint density at radius 3 is 3.00 bits per heavy atom. The molecule has 0 aliphatic rings. The number of nitrogen functional groups attached to an aromatic ring is 1. The molecule has 0 atom stereocenters. The molecule has 0 aliphatic heterocycles. The first-order valence-corrected chi connectivity index (χ1v) is 5.86. The van der Waals surface area contributed by atoms with E-state index < -0.39 is 0 Å². The third kappa shape index (κ3) is 3.01. The van der Waals surface area contributed by atoms with Crippen LogP contribution in [0.3, 0.4) is 0 Å². The van der Waals surface area contributed by atoms with Crippen molar-refractivity contribution in [3.8, 4) is 0 Å². The van der Waals surface area contributed by atoms with Gasteiger partial charge in [0.1, 0.15) is 17.3 Å². The Bertz CT molecular complexity index is 571. The summed E-state index contributed by atoms with van der Waals surface area (Å²) in [5.41, 5.74) is 2.52. The van der Waals surface area contributed by atoms with E-state index in [9.17, 15) is 4.79 Å². The molecule has 2 rings (SSSR count). The number of nitrogens with zero attached hydrogens (tertiary/aromatic N) is 3. The van der Waals surface area contributed by atoms with Gasteiger partial charge in [-0.15, -0.1) is 0 Å². The number of amides is 1. The van der Waals surface area contributed by atoms with E-state index in [2.05, 4.69) is 20.4 Å². The summed E-state index contributed by atoms with van der Waals surface area (Å²) in [5, 5.41) is 0.273. The lowest BCUT2D eigenvalue weighted by Gasteiger charge is -2.16. The van der Waals surface area contributed by atoms with Crippen molar-refractivity contribution in [2.45, 2.75) is 6.54 Å². The number of hydrazine groups is 1. The van der Waals surface area contributed by atoms with Gasteiger partial charge in [-0.1, -0.05) is 11.6 Å². The van der Waals surface area contributed by atoms with E-state index in [-0.39, 0.29) is 16.6 Å². The number of carbonyl (C=O) groups is 1. The minimum Gasteiger partial charge on any atom is -0.347 e. The molecule has 2 aromatic rings. The number of carbonyl (C=O) groups excluding carboxylic acids is 1. The number of pyridine rings is 1. The summed E-state index contributed by atoms with van der Waals surface area (Å²) in [6.07, 6.45) is 3.32. The minimum atomic E-state index is -0.307. The van der Waals surface area contributed by atoms with Gasteiger partial charge in [-0.25, -0.2) is 15.8 Å². The van der Waals surface area contributed by atoms with Crippen molar-refractivity contribution in [3.63, 3.8) is 0 Å². The number of aromatic nitrogens is 3. The van der Waals surface area contributed by atoms with E-state index in [1.165, 1.54) is 4.90 Å². The van der Waals surface area contributed by atoms with Crippen LogP contribution < -0.4 is 11.3 Å². The second-order valence-electron chi connectivity index (χ2n) is 3.87. The molecule has 0 fully saturated rings. The highest BCUT2D eigenvalue weighted by Gasteiger charge is 2.18. The number of hydrogen-bond acceptors (Lipinski definition) is 5. The number of aromatic amines is 1. The van der Waals surface area contributed by atoms with Gasteiger partial charge in [0.15, 0.2) is 0 Å². The number of anilines is 1. The number of nitrogens with two attached hydrogens (primary N) is 1. The van der Waals surface area contributed by atoms with Crippen LogP contribution in [0.15, 0.2) is 24.5 Å². The third-order valence-electron chi connectivity index (χ3n) is 2.48. The van der Waals surface area contributed by atoms with Crippen molar-refractivity contribution < 1.29 is 4.79 Å². The number of rotatable bonds is 4.